The lowest BCUT2D eigenvalue weighted by molar-refractivity contribution is -0.0533. The Morgan fingerprint density at radius 1 is 1.03 bits per heavy atom. The van der Waals surface area contributed by atoms with Crippen LogP contribution in [0.25, 0.3) is 10.9 Å². The van der Waals surface area contributed by atoms with Crippen molar-refractivity contribution in [2.75, 3.05) is 6.61 Å². The van der Waals surface area contributed by atoms with Gasteiger partial charge in [-0.3, -0.25) is 18.9 Å². The normalized spacial score (nSPS) is 27.8. The van der Waals surface area contributed by atoms with Crippen LogP contribution in [-0.4, -0.2) is 64.3 Å². The summed E-state index contributed by atoms with van der Waals surface area (Å²) in [5, 5.41) is 20.6. The standard InChI is InChI=1S/C13H17N2O14P3/c16-10-9(6-26-31(22,23)29-32(24,25)28-30(19,20)21)27-13(11(10)17)15-5-3-8-7(12(15)18)2-1-4-14-8/h1-5,9-11,13,16-17H,6H2,(H,22,23)(H,24,25)(H2,19,20,21)/t9-,10-,11-,13-/m1/s1. The maximum absolute atomic E-state index is 12.6. The highest BCUT2D eigenvalue weighted by Crippen LogP contribution is 2.66. The van der Waals surface area contributed by atoms with Crippen molar-refractivity contribution < 1.29 is 61.4 Å². The predicted octanol–water partition coefficient (Wildman–Crippen LogP) is -0.641. The van der Waals surface area contributed by atoms with E-state index in [4.69, 9.17) is 19.4 Å². The highest BCUT2D eigenvalue weighted by atomic mass is 31.3. The number of hydrogen-bond donors (Lipinski definition) is 6. The molecule has 0 bridgehead atoms. The quantitative estimate of drug-likeness (QED) is 0.238. The van der Waals surface area contributed by atoms with Crippen LogP contribution in [0.15, 0.2) is 35.4 Å². The van der Waals surface area contributed by atoms with Crippen molar-refractivity contribution >= 4 is 34.4 Å². The van der Waals surface area contributed by atoms with Gasteiger partial charge in [0.05, 0.1) is 17.5 Å². The summed E-state index contributed by atoms with van der Waals surface area (Å²) in [6.45, 7) is -0.998. The van der Waals surface area contributed by atoms with Crippen molar-refractivity contribution in [2.24, 2.45) is 0 Å². The van der Waals surface area contributed by atoms with Crippen LogP contribution < -0.4 is 5.56 Å². The van der Waals surface area contributed by atoms with Crippen molar-refractivity contribution in [1.82, 2.24) is 9.55 Å². The zero-order valence-electron chi connectivity index (χ0n) is 15.6. The SMILES string of the molecule is O=c1c2cccnc2ccn1[C@@H]1O[C@H](COP(=O)(O)OP(=O)(O)OP(=O)(O)O)[C@@H](O)[C@H]1O. The molecule has 2 aromatic heterocycles. The van der Waals surface area contributed by atoms with Crippen LogP contribution in [-0.2, 0) is 31.6 Å². The lowest BCUT2D eigenvalue weighted by Crippen LogP contribution is -2.35. The molecule has 19 heteroatoms. The van der Waals surface area contributed by atoms with Crippen LogP contribution in [0.3, 0.4) is 0 Å². The molecule has 0 radical (unpaired) electrons. The highest BCUT2D eigenvalue weighted by Gasteiger charge is 2.46. The molecule has 178 valence electrons. The van der Waals surface area contributed by atoms with Gasteiger partial charge in [0.2, 0.25) is 0 Å². The van der Waals surface area contributed by atoms with Gasteiger partial charge in [-0.15, -0.1) is 0 Å². The molecule has 1 aliphatic heterocycles. The third-order valence-electron chi connectivity index (χ3n) is 4.13. The number of phosphoric acid groups is 3. The number of phosphoric ester groups is 1. The van der Waals surface area contributed by atoms with Gasteiger partial charge in [-0.25, -0.2) is 13.7 Å². The molecule has 0 saturated carbocycles. The molecule has 16 nitrogen and oxygen atoms in total. The van der Waals surface area contributed by atoms with Crippen molar-refractivity contribution in [3.8, 4) is 0 Å². The van der Waals surface area contributed by atoms with Gasteiger partial charge in [-0.05, 0) is 18.2 Å². The Hall–Kier alpha value is -1.35. The monoisotopic (exact) mass is 518 g/mol. The number of pyridine rings is 2. The molecule has 1 saturated heterocycles. The summed E-state index contributed by atoms with van der Waals surface area (Å²) < 4.78 is 51.6. The third-order valence-corrected chi connectivity index (χ3v) is 7.93. The number of aliphatic hydroxyl groups is 2. The molecule has 2 aromatic rings. The fraction of sp³-hybridized carbons (Fsp3) is 0.385. The summed E-state index contributed by atoms with van der Waals surface area (Å²) >= 11 is 0. The van der Waals surface area contributed by atoms with Crippen molar-refractivity contribution in [1.29, 1.82) is 0 Å². The summed E-state index contributed by atoms with van der Waals surface area (Å²) in [5.41, 5.74) is -0.244. The molecule has 2 unspecified atom stereocenters. The van der Waals surface area contributed by atoms with E-state index >= 15 is 0 Å². The molecule has 3 heterocycles. The minimum atomic E-state index is -5.72. The van der Waals surface area contributed by atoms with Crippen LogP contribution in [0.4, 0.5) is 0 Å². The number of aromatic nitrogens is 2. The number of fused-ring (bicyclic) bond motifs is 1. The molecular formula is C13H17N2O14P3. The lowest BCUT2D eigenvalue weighted by Gasteiger charge is -2.19. The molecule has 32 heavy (non-hydrogen) atoms. The summed E-state index contributed by atoms with van der Waals surface area (Å²) in [7, 11) is -16.7. The number of hydrogen-bond acceptors (Lipinski definition) is 11. The number of ether oxygens (including phenoxy) is 1. The summed E-state index contributed by atoms with van der Waals surface area (Å²) in [4.78, 5) is 52.2. The average molecular weight is 518 g/mol. The van der Waals surface area contributed by atoms with E-state index in [2.05, 4.69) is 18.1 Å². The molecule has 0 spiro atoms. The molecule has 0 aliphatic carbocycles. The van der Waals surface area contributed by atoms with E-state index in [1.807, 2.05) is 0 Å². The molecule has 6 N–H and O–H groups in total. The fourth-order valence-corrected chi connectivity index (χ4v) is 5.89. The average Bonchev–Trinajstić information content (AvgIpc) is 2.92. The van der Waals surface area contributed by atoms with Gasteiger partial charge in [-0.2, -0.15) is 8.62 Å². The Morgan fingerprint density at radius 3 is 2.38 bits per heavy atom. The minimum absolute atomic E-state index is 0.192. The van der Waals surface area contributed by atoms with Crippen molar-refractivity contribution in [3.63, 3.8) is 0 Å². The number of nitrogens with zero attached hydrogens (tertiary/aromatic N) is 2. The highest BCUT2D eigenvalue weighted by molar-refractivity contribution is 7.66. The molecule has 3 rings (SSSR count). The van der Waals surface area contributed by atoms with Gasteiger partial charge < -0.3 is 34.5 Å². The zero-order valence-corrected chi connectivity index (χ0v) is 18.3. The number of aliphatic hydroxyl groups excluding tert-OH is 2. The second-order valence-corrected chi connectivity index (χ2v) is 10.8. The lowest BCUT2D eigenvalue weighted by atomic mass is 10.1. The van der Waals surface area contributed by atoms with Crippen LogP contribution in [0.1, 0.15) is 6.23 Å². The summed E-state index contributed by atoms with van der Waals surface area (Å²) in [6.07, 6.45) is -3.65. The van der Waals surface area contributed by atoms with Crippen LogP contribution in [0, 0.1) is 0 Å². The first-order valence-corrected chi connectivity index (χ1v) is 13.0. The summed E-state index contributed by atoms with van der Waals surface area (Å²) in [5.74, 6) is 0. The fourth-order valence-electron chi connectivity index (χ4n) is 2.86. The Kier molecular flexibility index (Phi) is 7.21. The van der Waals surface area contributed by atoms with Gasteiger partial charge in [0.15, 0.2) is 6.23 Å². The van der Waals surface area contributed by atoms with Crippen LogP contribution in [0.5, 0.6) is 0 Å². The molecular weight excluding hydrogens is 501 g/mol. The van der Waals surface area contributed by atoms with E-state index in [1.54, 1.807) is 0 Å². The first-order valence-electron chi connectivity index (χ1n) is 8.45. The predicted molar refractivity (Wildman–Crippen MR) is 102 cm³/mol. The first-order chi connectivity index (χ1) is 14.7. The third kappa shape index (κ3) is 5.95. The van der Waals surface area contributed by atoms with Crippen molar-refractivity contribution in [2.45, 2.75) is 24.5 Å². The molecule has 0 amide bonds. The Balaban J connectivity index is 1.71. The molecule has 0 aromatic carbocycles. The van der Waals surface area contributed by atoms with Gasteiger partial charge in [0, 0.05) is 12.4 Å². The maximum atomic E-state index is 12.6. The van der Waals surface area contributed by atoms with E-state index in [0.717, 1.165) is 4.57 Å². The molecule has 1 fully saturated rings. The Morgan fingerprint density at radius 2 is 1.72 bits per heavy atom. The van der Waals surface area contributed by atoms with E-state index in [-0.39, 0.29) is 5.39 Å². The van der Waals surface area contributed by atoms with Crippen LogP contribution >= 0.6 is 23.5 Å². The second-order valence-electron chi connectivity index (χ2n) is 6.40. The molecule has 6 atom stereocenters. The Labute approximate surface area is 178 Å². The van der Waals surface area contributed by atoms with Gasteiger partial charge in [0.1, 0.15) is 18.3 Å². The van der Waals surface area contributed by atoms with E-state index in [9.17, 15) is 33.6 Å². The topological polar surface area (TPSA) is 244 Å². The van der Waals surface area contributed by atoms with Crippen LogP contribution in [0.2, 0.25) is 0 Å². The van der Waals surface area contributed by atoms with E-state index in [0.29, 0.717) is 5.52 Å². The Bertz CT molecular complexity index is 1200. The zero-order chi connectivity index (χ0) is 23.9. The van der Waals surface area contributed by atoms with Crippen molar-refractivity contribution in [3.05, 3.63) is 40.9 Å². The van der Waals surface area contributed by atoms with Gasteiger partial charge in [-0.1, -0.05) is 0 Å². The van der Waals surface area contributed by atoms with E-state index < -0.39 is 60.2 Å². The van der Waals surface area contributed by atoms with E-state index in [1.165, 1.54) is 30.6 Å². The summed E-state index contributed by atoms with van der Waals surface area (Å²) in [6, 6.07) is 4.45. The largest absolute Gasteiger partial charge is 0.490 e. The van der Waals surface area contributed by atoms with Gasteiger partial charge >= 0.3 is 23.5 Å². The number of rotatable bonds is 8. The molecule has 1 aliphatic rings. The first kappa shape index (κ1) is 25.3. The second kappa shape index (κ2) is 9.12. The smallest absolute Gasteiger partial charge is 0.387 e. The minimum Gasteiger partial charge on any atom is -0.387 e. The maximum Gasteiger partial charge on any atom is 0.490 e. The van der Waals surface area contributed by atoms with Gasteiger partial charge in [0.25, 0.3) is 5.56 Å².